The summed E-state index contributed by atoms with van der Waals surface area (Å²) in [5, 5.41) is 6.87. The molecule has 1 amide bonds. The van der Waals surface area contributed by atoms with Gasteiger partial charge in [0, 0.05) is 6.54 Å². The summed E-state index contributed by atoms with van der Waals surface area (Å²) in [7, 11) is 0. The number of alkyl halides is 3. The van der Waals surface area contributed by atoms with Crippen LogP contribution in [-0.4, -0.2) is 52.5 Å². The van der Waals surface area contributed by atoms with E-state index in [0.717, 1.165) is 44.1 Å². The molecule has 174 valence electrons. The summed E-state index contributed by atoms with van der Waals surface area (Å²) in [6, 6.07) is 4.70. The summed E-state index contributed by atoms with van der Waals surface area (Å²) < 4.78 is 40.4. The molecule has 1 aliphatic heterocycles. The number of amides is 1. The van der Waals surface area contributed by atoms with Crippen LogP contribution in [0.3, 0.4) is 0 Å². The lowest BCUT2D eigenvalue weighted by molar-refractivity contribution is -0.137. The molecule has 1 N–H and O–H groups in total. The Kier molecular flexibility index (Phi) is 7.38. The third-order valence-electron chi connectivity index (χ3n) is 5.96. The van der Waals surface area contributed by atoms with E-state index in [0.29, 0.717) is 17.9 Å². The number of ketones is 1. The molecule has 0 bridgehead atoms. The van der Waals surface area contributed by atoms with Crippen LogP contribution in [0.1, 0.15) is 53.5 Å². The Labute approximate surface area is 185 Å². The third-order valence-corrected chi connectivity index (χ3v) is 5.96. The highest BCUT2D eigenvalue weighted by molar-refractivity contribution is 6.43. The maximum absolute atomic E-state index is 13.0. The molecule has 0 saturated carbocycles. The topological polar surface area (TPSA) is 67.2 Å². The lowest BCUT2D eigenvalue weighted by Gasteiger charge is -2.30. The minimum absolute atomic E-state index is 0.116. The Morgan fingerprint density at radius 1 is 1.19 bits per heavy atom. The Hall–Kier alpha value is -2.68. The number of likely N-dealkylation sites (tertiary alicyclic amines) is 1. The number of piperidine rings is 1. The molecular formula is C23H29F3N4O2. The number of aromatic nitrogens is 2. The van der Waals surface area contributed by atoms with E-state index in [-0.39, 0.29) is 11.3 Å². The minimum Gasteiger partial charge on any atom is -0.349 e. The van der Waals surface area contributed by atoms with E-state index in [2.05, 4.69) is 22.2 Å². The van der Waals surface area contributed by atoms with Crippen LogP contribution < -0.4 is 5.32 Å². The number of halogens is 3. The third kappa shape index (κ3) is 5.56. The Morgan fingerprint density at radius 3 is 2.53 bits per heavy atom. The predicted molar refractivity (Wildman–Crippen MR) is 115 cm³/mol. The van der Waals surface area contributed by atoms with Gasteiger partial charge in [0.25, 0.3) is 11.7 Å². The van der Waals surface area contributed by atoms with E-state index >= 15 is 0 Å². The summed E-state index contributed by atoms with van der Waals surface area (Å²) in [6.07, 6.45) is -1.38. The van der Waals surface area contributed by atoms with Gasteiger partial charge in [-0.1, -0.05) is 13.0 Å². The maximum Gasteiger partial charge on any atom is 0.416 e. The summed E-state index contributed by atoms with van der Waals surface area (Å²) >= 11 is 0. The lowest BCUT2D eigenvalue weighted by Crippen LogP contribution is -2.37. The first-order chi connectivity index (χ1) is 15.1. The monoisotopic (exact) mass is 450 g/mol. The van der Waals surface area contributed by atoms with Gasteiger partial charge in [-0.15, -0.1) is 0 Å². The molecule has 0 aliphatic carbocycles. The van der Waals surface area contributed by atoms with Gasteiger partial charge in [-0.3, -0.25) is 9.59 Å². The van der Waals surface area contributed by atoms with Crippen LogP contribution in [0.2, 0.25) is 0 Å². The van der Waals surface area contributed by atoms with Crippen LogP contribution in [-0.2, 0) is 11.0 Å². The van der Waals surface area contributed by atoms with Crippen molar-refractivity contribution in [3.05, 3.63) is 46.8 Å². The van der Waals surface area contributed by atoms with Crippen molar-refractivity contribution in [2.45, 2.75) is 46.2 Å². The van der Waals surface area contributed by atoms with E-state index < -0.39 is 23.4 Å². The molecule has 1 aromatic carbocycles. The molecule has 1 saturated heterocycles. The quantitative estimate of drug-likeness (QED) is 0.394. The van der Waals surface area contributed by atoms with Crippen molar-refractivity contribution in [2.24, 2.45) is 5.92 Å². The summed E-state index contributed by atoms with van der Waals surface area (Å²) in [6.45, 7) is 8.75. The highest BCUT2D eigenvalue weighted by Gasteiger charge is 2.31. The molecule has 1 fully saturated rings. The SMILES string of the molecule is Cc1nn(-c2cccc(C(F)(F)F)c2)c(C)c1C(=O)C(=O)NCCCN1CCC(C)CC1. The first-order valence-corrected chi connectivity index (χ1v) is 10.9. The summed E-state index contributed by atoms with van der Waals surface area (Å²) in [4.78, 5) is 27.5. The molecule has 2 heterocycles. The standard InChI is InChI=1S/C23H29F3N4O2/c1-15-8-12-29(13-9-15)11-5-10-27-22(32)21(31)20-16(2)28-30(17(20)3)19-7-4-6-18(14-19)23(24,25)26/h4,6-7,14-15H,5,8-13H2,1-3H3,(H,27,32). The van der Waals surface area contributed by atoms with E-state index in [1.54, 1.807) is 13.8 Å². The second-order valence-electron chi connectivity index (χ2n) is 8.47. The van der Waals surface area contributed by atoms with Crippen LogP contribution >= 0.6 is 0 Å². The van der Waals surface area contributed by atoms with E-state index in [1.165, 1.54) is 29.7 Å². The number of hydrogen-bond donors (Lipinski definition) is 1. The predicted octanol–water partition coefficient (Wildman–Crippen LogP) is 3.93. The van der Waals surface area contributed by atoms with Gasteiger partial charge in [0.05, 0.1) is 28.2 Å². The fraction of sp³-hybridized carbons (Fsp3) is 0.522. The summed E-state index contributed by atoms with van der Waals surface area (Å²) in [5.74, 6) is -0.705. The van der Waals surface area contributed by atoms with Crippen molar-refractivity contribution in [3.8, 4) is 5.69 Å². The van der Waals surface area contributed by atoms with Crippen molar-refractivity contribution in [2.75, 3.05) is 26.2 Å². The Balaban J connectivity index is 1.63. The first kappa shape index (κ1) is 24.0. The van der Waals surface area contributed by atoms with Crippen molar-refractivity contribution < 1.29 is 22.8 Å². The van der Waals surface area contributed by atoms with Gasteiger partial charge in [-0.2, -0.15) is 18.3 Å². The zero-order valence-corrected chi connectivity index (χ0v) is 18.6. The van der Waals surface area contributed by atoms with Crippen molar-refractivity contribution in [1.29, 1.82) is 0 Å². The average Bonchev–Trinajstić information content (AvgIpc) is 3.05. The number of aryl methyl sites for hydroxylation is 1. The number of hydrogen-bond acceptors (Lipinski definition) is 4. The fourth-order valence-corrected chi connectivity index (χ4v) is 4.02. The van der Waals surface area contributed by atoms with Crippen LogP contribution in [0.25, 0.3) is 5.69 Å². The fourth-order valence-electron chi connectivity index (χ4n) is 4.02. The smallest absolute Gasteiger partial charge is 0.349 e. The molecule has 32 heavy (non-hydrogen) atoms. The molecule has 0 atom stereocenters. The molecule has 1 aromatic heterocycles. The lowest BCUT2D eigenvalue weighted by atomic mass is 9.99. The van der Waals surface area contributed by atoms with Crippen LogP contribution in [0, 0.1) is 19.8 Å². The number of nitrogens with one attached hydrogen (secondary N) is 1. The number of rotatable bonds is 7. The second-order valence-corrected chi connectivity index (χ2v) is 8.47. The Bertz CT molecular complexity index is 976. The molecule has 9 heteroatoms. The summed E-state index contributed by atoms with van der Waals surface area (Å²) in [5.41, 5.74) is 0.101. The molecule has 0 radical (unpaired) electrons. The largest absolute Gasteiger partial charge is 0.416 e. The van der Waals surface area contributed by atoms with Gasteiger partial charge < -0.3 is 10.2 Å². The van der Waals surface area contributed by atoms with Crippen LogP contribution in [0.5, 0.6) is 0 Å². The van der Waals surface area contributed by atoms with Crippen molar-refractivity contribution in [3.63, 3.8) is 0 Å². The molecule has 3 rings (SSSR count). The number of Topliss-reactive ketones (excluding diaryl/α,β-unsaturated/α-hetero) is 1. The zero-order chi connectivity index (χ0) is 23.5. The number of nitrogens with zero attached hydrogens (tertiary/aromatic N) is 3. The van der Waals surface area contributed by atoms with Crippen LogP contribution in [0.4, 0.5) is 13.2 Å². The second kappa shape index (κ2) is 9.85. The van der Waals surface area contributed by atoms with Gasteiger partial charge in [0.2, 0.25) is 0 Å². The van der Waals surface area contributed by atoms with Crippen molar-refractivity contribution in [1.82, 2.24) is 20.0 Å². The molecule has 0 spiro atoms. The highest BCUT2D eigenvalue weighted by atomic mass is 19.4. The Morgan fingerprint density at radius 2 is 1.88 bits per heavy atom. The van der Waals surface area contributed by atoms with Crippen molar-refractivity contribution >= 4 is 11.7 Å². The normalized spacial score (nSPS) is 15.7. The highest BCUT2D eigenvalue weighted by Crippen LogP contribution is 2.31. The first-order valence-electron chi connectivity index (χ1n) is 10.9. The molecule has 6 nitrogen and oxygen atoms in total. The minimum atomic E-state index is -4.49. The average molecular weight is 451 g/mol. The van der Waals surface area contributed by atoms with Gasteiger partial charge in [-0.25, -0.2) is 4.68 Å². The van der Waals surface area contributed by atoms with Gasteiger partial charge in [-0.05, 0) is 76.9 Å². The van der Waals surface area contributed by atoms with Gasteiger partial charge in [0.15, 0.2) is 0 Å². The molecule has 1 aliphatic rings. The molecular weight excluding hydrogens is 421 g/mol. The van der Waals surface area contributed by atoms with Gasteiger partial charge in [0.1, 0.15) is 0 Å². The maximum atomic E-state index is 13.0. The number of carbonyl (C=O) groups excluding carboxylic acids is 2. The van der Waals surface area contributed by atoms with E-state index in [1.807, 2.05) is 0 Å². The zero-order valence-electron chi connectivity index (χ0n) is 18.6. The molecule has 0 unspecified atom stereocenters. The van der Waals surface area contributed by atoms with Crippen LogP contribution in [0.15, 0.2) is 24.3 Å². The van der Waals surface area contributed by atoms with Gasteiger partial charge >= 0.3 is 6.18 Å². The number of benzene rings is 1. The molecule has 2 aromatic rings. The van der Waals surface area contributed by atoms with E-state index in [4.69, 9.17) is 0 Å². The van der Waals surface area contributed by atoms with E-state index in [9.17, 15) is 22.8 Å². The number of carbonyl (C=O) groups is 2.